The molecule has 1 N–H and O–H groups in total. The summed E-state index contributed by atoms with van der Waals surface area (Å²) in [5.41, 5.74) is 1.51. The highest BCUT2D eigenvalue weighted by Gasteiger charge is 2.25. The zero-order valence-corrected chi connectivity index (χ0v) is 15.9. The summed E-state index contributed by atoms with van der Waals surface area (Å²) < 4.78 is 41.1. The van der Waals surface area contributed by atoms with Gasteiger partial charge in [0.25, 0.3) is 10.0 Å². The quantitative estimate of drug-likeness (QED) is 0.687. The van der Waals surface area contributed by atoms with Gasteiger partial charge in [0.1, 0.15) is 5.82 Å². The number of pyridine rings is 1. The summed E-state index contributed by atoms with van der Waals surface area (Å²) in [6.45, 7) is 1.41. The van der Waals surface area contributed by atoms with Crippen molar-refractivity contribution in [1.29, 1.82) is 0 Å². The van der Waals surface area contributed by atoms with Crippen molar-refractivity contribution >= 4 is 27.3 Å². The molecule has 8 heteroatoms. The molecule has 6 nitrogen and oxygen atoms in total. The minimum atomic E-state index is -3.94. The molecule has 1 heterocycles. The minimum absolute atomic E-state index is 0.0370. The van der Waals surface area contributed by atoms with Gasteiger partial charge in [0.15, 0.2) is 0 Å². The van der Waals surface area contributed by atoms with Gasteiger partial charge in [0.05, 0.1) is 17.1 Å². The molecule has 1 amide bonds. The van der Waals surface area contributed by atoms with Crippen LogP contribution in [0.4, 0.5) is 15.8 Å². The molecule has 0 fully saturated rings. The molecule has 0 aliphatic carbocycles. The highest BCUT2D eigenvalue weighted by Crippen LogP contribution is 2.27. The van der Waals surface area contributed by atoms with E-state index in [2.05, 4.69) is 10.3 Å². The summed E-state index contributed by atoms with van der Waals surface area (Å²) in [4.78, 5) is 15.2. The first-order valence-electron chi connectivity index (χ1n) is 8.41. The van der Waals surface area contributed by atoms with Crippen LogP contribution in [0.15, 0.2) is 78.0 Å². The Bertz CT molecular complexity index is 1050. The summed E-state index contributed by atoms with van der Waals surface area (Å²) >= 11 is 0. The maximum Gasteiger partial charge on any atom is 0.264 e. The Morgan fingerprint density at radius 3 is 2.32 bits per heavy atom. The van der Waals surface area contributed by atoms with E-state index in [-0.39, 0.29) is 17.3 Å². The molecule has 3 aromatic rings. The number of hydrogen-bond donors (Lipinski definition) is 1. The van der Waals surface area contributed by atoms with Crippen molar-refractivity contribution in [2.45, 2.75) is 18.4 Å². The third kappa shape index (κ3) is 4.52. The number of carbonyl (C=O) groups excluding carboxylic acids is 1. The van der Waals surface area contributed by atoms with E-state index in [9.17, 15) is 17.6 Å². The molecule has 0 radical (unpaired) electrons. The number of benzene rings is 2. The largest absolute Gasteiger partial charge is 0.326 e. The fourth-order valence-corrected chi connectivity index (χ4v) is 4.07. The van der Waals surface area contributed by atoms with Gasteiger partial charge >= 0.3 is 0 Å². The van der Waals surface area contributed by atoms with E-state index in [1.54, 1.807) is 24.5 Å². The number of nitrogens with zero attached hydrogens (tertiary/aromatic N) is 2. The SMILES string of the molecule is CC(=O)Nc1ccc(S(=O)(=O)N(Cc2cccnc2)c2ccc(F)cc2)cc1. The van der Waals surface area contributed by atoms with E-state index in [0.717, 1.165) is 0 Å². The number of amides is 1. The van der Waals surface area contributed by atoms with Gasteiger partial charge < -0.3 is 5.32 Å². The molecule has 0 spiro atoms. The Hall–Kier alpha value is -3.26. The Balaban J connectivity index is 2.00. The molecule has 0 unspecified atom stereocenters. The van der Waals surface area contributed by atoms with E-state index >= 15 is 0 Å². The van der Waals surface area contributed by atoms with Gasteiger partial charge in [-0.05, 0) is 60.2 Å². The monoisotopic (exact) mass is 399 g/mol. The van der Waals surface area contributed by atoms with Crippen molar-refractivity contribution in [3.63, 3.8) is 0 Å². The highest BCUT2D eigenvalue weighted by molar-refractivity contribution is 7.92. The van der Waals surface area contributed by atoms with Crippen LogP contribution < -0.4 is 9.62 Å². The lowest BCUT2D eigenvalue weighted by atomic mass is 10.2. The first-order valence-corrected chi connectivity index (χ1v) is 9.85. The van der Waals surface area contributed by atoms with Crippen LogP contribution >= 0.6 is 0 Å². The molecule has 1 aromatic heterocycles. The van der Waals surface area contributed by atoms with Gasteiger partial charge in [0, 0.05) is 25.0 Å². The number of aromatic nitrogens is 1. The van der Waals surface area contributed by atoms with Gasteiger partial charge in [-0.25, -0.2) is 12.8 Å². The van der Waals surface area contributed by atoms with E-state index in [4.69, 9.17) is 0 Å². The fourth-order valence-electron chi connectivity index (χ4n) is 2.62. The fraction of sp³-hybridized carbons (Fsp3) is 0.100. The third-order valence-corrected chi connectivity index (χ3v) is 5.71. The van der Waals surface area contributed by atoms with Crippen LogP contribution in [0.5, 0.6) is 0 Å². The first-order chi connectivity index (χ1) is 13.4. The molecule has 144 valence electrons. The molecular formula is C20H18FN3O3S. The van der Waals surface area contributed by atoms with Gasteiger partial charge in [-0.3, -0.25) is 14.1 Å². The predicted octanol–water partition coefficient (Wildman–Crippen LogP) is 3.57. The van der Waals surface area contributed by atoms with Crippen LogP contribution in [0, 0.1) is 5.82 Å². The number of anilines is 2. The molecule has 0 aliphatic heterocycles. The normalized spacial score (nSPS) is 11.1. The number of sulfonamides is 1. The molecule has 0 atom stereocenters. The van der Waals surface area contributed by atoms with Crippen molar-refractivity contribution in [3.05, 3.63) is 84.4 Å². The summed E-state index contributed by atoms with van der Waals surface area (Å²) in [5.74, 6) is -0.706. The van der Waals surface area contributed by atoms with Crippen LogP contribution in [-0.4, -0.2) is 19.3 Å². The minimum Gasteiger partial charge on any atom is -0.326 e. The Morgan fingerprint density at radius 1 is 1.07 bits per heavy atom. The first kappa shape index (κ1) is 19.5. The highest BCUT2D eigenvalue weighted by atomic mass is 32.2. The molecule has 0 saturated heterocycles. The summed E-state index contributed by atoms with van der Waals surface area (Å²) in [7, 11) is -3.94. The lowest BCUT2D eigenvalue weighted by Crippen LogP contribution is -2.30. The molecule has 0 saturated carbocycles. The summed E-state index contributed by atoms with van der Waals surface area (Å²) in [6.07, 6.45) is 3.17. The molecule has 28 heavy (non-hydrogen) atoms. The smallest absolute Gasteiger partial charge is 0.264 e. The molecule has 0 aliphatic rings. The van der Waals surface area contributed by atoms with Crippen LogP contribution in [0.3, 0.4) is 0 Å². The maximum absolute atomic E-state index is 13.3. The Kier molecular flexibility index (Phi) is 5.70. The molecule has 2 aromatic carbocycles. The second-order valence-electron chi connectivity index (χ2n) is 6.05. The van der Waals surface area contributed by atoms with Crippen molar-refractivity contribution in [2.24, 2.45) is 0 Å². The van der Waals surface area contributed by atoms with Gasteiger partial charge in [-0.1, -0.05) is 6.07 Å². The van der Waals surface area contributed by atoms with E-state index in [1.165, 1.54) is 59.8 Å². The Morgan fingerprint density at radius 2 is 1.75 bits per heavy atom. The van der Waals surface area contributed by atoms with Gasteiger partial charge in [-0.15, -0.1) is 0 Å². The van der Waals surface area contributed by atoms with E-state index in [0.29, 0.717) is 16.9 Å². The molecular weight excluding hydrogens is 381 g/mol. The number of carbonyl (C=O) groups is 1. The number of nitrogens with one attached hydrogen (secondary N) is 1. The second-order valence-corrected chi connectivity index (χ2v) is 7.92. The second kappa shape index (κ2) is 8.18. The standard InChI is InChI=1S/C20H18FN3O3S/c1-15(25)23-18-6-10-20(11-7-18)28(26,27)24(14-16-3-2-12-22-13-16)19-8-4-17(21)5-9-19/h2-13H,14H2,1H3,(H,23,25). The average Bonchev–Trinajstić information content (AvgIpc) is 2.68. The van der Waals surface area contributed by atoms with Crippen LogP contribution in [0.25, 0.3) is 0 Å². The zero-order chi connectivity index (χ0) is 20.1. The lowest BCUT2D eigenvalue weighted by Gasteiger charge is -2.24. The topological polar surface area (TPSA) is 79.4 Å². The van der Waals surface area contributed by atoms with Crippen molar-refractivity contribution in [3.8, 4) is 0 Å². The Labute approximate surface area is 162 Å². The van der Waals surface area contributed by atoms with Crippen LogP contribution in [-0.2, 0) is 21.4 Å². The molecule has 0 bridgehead atoms. The van der Waals surface area contributed by atoms with Crippen LogP contribution in [0.2, 0.25) is 0 Å². The van der Waals surface area contributed by atoms with E-state index in [1.807, 2.05) is 0 Å². The molecule has 3 rings (SSSR count). The van der Waals surface area contributed by atoms with Crippen molar-refractivity contribution in [2.75, 3.05) is 9.62 Å². The van der Waals surface area contributed by atoms with Crippen molar-refractivity contribution in [1.82, 2.24) is 4.98 Å². The van der Waals surface area contributed by atoms with Crippen molar-refractivity contribution < 1.29 is 17.6 Å². The summed E-state index contributed by atoms with van der Waals surface area (Å²) in [5, 5.41) is 2.59. The number of hydrogen-bond acceptors (Lipinski definition) is 4. The predicted molar refractivity (Wildman–Crippen MR) is 105 cm³/mol. The van der Waals surface area contributed by atoms with Gasteiger partial charge in [0.2, 0.25) is 5.91 Å². The third-order valence-electron chi connectivity index (χ3n) is 3.93. The lowest BCUT2D eigenvalue weighted by molar-refractivity contribution is -0.114. The average molecular weight is 399 g/mol. The number of rotatable bonds is 6. The van der Waals surface area contributed by atoms with Gasteiger partial charge in [-0.2, -0.15) is 0 Å². The van der Waals surface area contributed by atoms with Crippen LogP contribution in [0.1, 0.15) is 12.5 Å². The number of halogens is 1. The zero-order valence-electron chi connectivity index (χ0n) is 15.0. The summed E-state index contributed by atoms with van der Waals surface area (Å²) in [6, 6.07) is 14.6. The maximum atomic E-state index is 13.3. The van der Waals surface area contributed by atoms with E-state index < -0.39 is 15.8 Å².